The standard InChI is InChI=1S/C20H25NO2/c1-23-19-10-8-18(9-11-19)20(12-2-3-13-20)21-14-16-4-6-17(15-22)7-5-16/h4-11,21-22H,2-3,12-15H2,1H3. The number of benzene rings is 2. The molecule has 0 amide bonds. The Balaban J connectivity index is 1.74. The van der Waals surface area contributed by atoms with Crippen molar-refractivity contribution in [3.8, 4) is 5.75 Å². The number of hydrogen-bond donors (Lipinski definition) is 2. The monoisotopic (exact) mass is 311 g/mol. The zero-order valence-corrected chi connectivity index (χ0v) is 13.7. The maximum absolute atomic E-state index is 9.14. The molecule has 3 nitrogen and oxygen atoms in total. The van der Waals surface area contributed by atoms with Gasteiger partial charge in [-0.25, -0.2) is 0 Å². The number of nitrogens with one attached hydrogen (secondary N) is 1. The van der Waals surface area contributed by atoms with Crippen molar-refractivity contribution in [2.45, 2.75) is 44.4 Å². The van der Waals surface area contributed by atoms with Crippen LogP contribution in [0.4, 0.5) is 0 Å². The van der Waals surface area contributed by atoms with Gasteiger partial charge in [0.15, 0.2) is 0 Å². The molecule has 2 aromatic rings. The van der Waals surface area contributed by atoms with E-state index in [1.54, 1.807) is 7.11 Å². The summed E-state index contributed by atoms with van der Waals surface area (Å²) in [5.74, 6) is 0.904. The van der Waals surface area contributed by atoms with Gasteiger partial charge in [-0.05, 0) is 41.7 Å². The third kappa shape index (κ3) is 3.57. The number of aliphatic hydroxyl groups excluding tert-OH is 1. The Labute approximate surface area is 138 Å². The molecule has 3 heteroatoms. The molecule has 0 heterocycles. The van der Waals surface area contributed by atoms with Crippen molar-refractivity contribution in [2.75, 3.05) is 7.11 Å². The summed E-state index contributed by atoms with van der Waals surface area (Å²) in [5, 5.41) is 12.9. The van der Waals surface area contributed by atoms with E-state index >= 15 is 0 Å². The minimum absolute atomic E-state index is 0.0714. The molecule has 2 N–H and O–H groups in total. The minimum Gasteiger partial charge on any atom is -0.497 e. The molecule has 1 aliphatic rings. The first-order valence-corrected chi connectivity index (χ1v) is 8.34. The average molecular weight is 311 g/mol. The van der Waals surface area contributed by atoms with Crippen LogP contribution in [-0.4, -0.2) is 12.2 Å². The third-order valence-corrected chi connectivity index (χ3v) is 4.94. The van der Waals surface area contributed by atoms with Gasteiger partial charge in [-0.2, -0.15) is 0 Å². The van der Waals surface area contributed by atoms with Gasteiger partial charge in [-0.15, -0.1) is 0 Å². The molecule has 1 fully saturated rings. The summed E-state index contributed by atoms with van der Waals surface area (Å²) in [4.78, 5) is 0. The number of aliphatic hydroxyl groups is 1. The van der Waals surface area contributed by atoms with Crippen molar-refractivity contribution in [3.63, 3.8) is 0 Å². The minimum atomic E-state index is 0.0714. The predicted octanol–water partition coefficient (Wildman–Crippen LogP) is 3.75. The summed E-state index contributed by atoms with van der Waals surface area (Å²) in [5.41, 5.74) is 3.63. The molecule has 23 heavy (non-hydrogen) atoms. The van der Waals surface area contributed by atoms with Gasteiger partial charge in [-0.3, -0.25) is 0 Å². The van der Waals surface area contributed by atoms with Crippen LogP contribution >= 0.6 is 0 Å². The van der Waals surface area contributed by atoms with Crippen LogP contribution in [0.25, 0.3) is 0 Å². The average Bonchev–Trinajstić information content (AvgIpc) is 3.11. The van der Waals surface area contributed by atoms with Gasteiger partial charge in [0, 0.05) is 12.1 Å². The molecule has 0 unspecified atom stereocenters. The van der Waals surface area contributed by atoms with Crippen LogP contribution in [0.15, 0.2) is 48.5 Å². The van der Waals surface area contributed by atoms with Crippen molar-refractivity contribution in [1.82, 2.24) is 5.32 Å². The van der Waals surface area contributed by atoms with E-state index in [9.17, 15) is 0 Å². The molecule has 0 atom stereocenters. The van der Waals surface area contributed by atoms with E-state index in [4.69, 9.17) is 9.84 Å². The Kier molecular flexibility index (Phi) is 4.99. The topological polar surface area (TPSA) is 41.5 Å². The van der Waals surface area contributed by atoms with E-state index < -0.39 is 0 Å². The molecule has 0 aliphatic heterocycles. The molecule has 0 spiro atoms. The van der Waals surface area contributed by atoms with Crippen molar-refractivity contribution in [2.24, 2.45) is 0 Å². The first kappa shape index (κ1) is 16.0. The van der Waals surface area contributed by atoms with Crippen molar-refractivity contribution < 1.29 is 9.84 Å². The lowest BCUT2D eigenvalue weighted by Gasteiger charge is -2.31. The van der Waals surface area contributed by atoms with Crippen LogP contribution in [0, 0.1) is 0 Å². The largest absolute Gasteiger partial charge is 0.497 e. The Bertz CT molecular complexity index is 613. The Morgan fingerprint density at radius 3 is 2.13 bits per heavy atom. The molecular formula is C20H25NO2. The molecule has 1 saturated carbocycles. The van der Waals surface area contributed by atoms with E-state index in [1.165, 1.54) is 36.8 Å². The SMILES string of the molecule is COc1ccc(C2(NCc3ccc(CO)cc3)CCCC2)cc1. The lowest BCUT2D eigenvalue weighted by Crippen LogP contribution is -2.39. The first-order chi connectivity index (χ1) is 11.3. The fraction of sp³-hybridized carbons (Fsp3) is 0.400. The smallest absolute Gasteiger partial charge is 0.118 e. The second-order valence-corrected chi connectivity index (χ2v) is 6.35. The van der Waals surface area contributed by atoms with Gasteiger partial charge in [0.25, 0.3) is 0 Å². The quantitative estimate of drug-likeness (QED) is 0.854. The van der Waals surface area contributed by atoms with Gasteiger partial charge in [-0.1, -0.05) is 49.2 Å². The third-order valence-electron chi connectivity index (χ3n) is 4.94. The molecule has 0 aromatic heterocycles. The maximum Gasteiger partial charge on any atom is 0.118 e. The second kappa shape index (κ2) is 7.16. The van der Waals surface area contributed by atoms with Gasteiger partial charge in [0.05, 0.1) is 13.7 Å². The molecule has 2 aromatic carbocycles. The Hall–Kier alpha value is -1.84. The molecule has 0 radical (unpaired) electrons. The predicted molar refractivity (Wildman–Crippen MR) is 92.3 cm³/mol. The van der Waals surface area contributed by atoms with Crippen LogP contribution in [0.1, 0.15) is 42.4 Å². The fourth-order valence-corrected chi connectivity index (χ4v) is 3.49. The van der Waals surface area contributed by atoms with Crippen LogP contribution in [0.3, 0.4) is 0 Å². The normalized spacial score (nSPS) is 16.4. The zero-order valence-electron chi connectivity index (χ0n) is 13.7. The van der Waals surface area contributed by atoms with E-state index in [1.807, 2.05) is 24.3 Å². The molecule has 0 saturated heterocycles. The van der Waals surface area contributed by atoms with Crippen molar-refractivity contribution >= 4 is 0 Å². The van der Waals surface area contributed by atoms with Gasteiger partial charge < -0.3 is 15.2 Å². The molecule has 3 rings (SSSR count). The van der Waals surface area contributed by atoms with Crippen LogP contribution in [0.5, 0.6) is 5.75 Å². The molecule has 122 valence electrons. The van der Waals surface area contributed by atoms with E-state index in [0.717, 1.165) is 17.9 Å². The Morgan fingerprint density at radius 2 is 1.57 bits per heavy atom. The maximum atomic E-state index is 9.14. The second-order valence-electron chi connectivity index (χ2n) is 6.35. The highest BCUT2D eigenvalue weighted by Crippen LogP contribution is 2.39. The summed E-state index contributed by atoms with van der Waals surface area (Å²) in [6.45, 7) is 0.946. The lowest BCUT2D eigenvalue weighted by molar-refractivity contribution is 0.282. The number of rotatable bonds is 6. The van der Waals surface area contributed by atoms with Crippen molar-refractivity contribution in [3.05, 3.63) is 65.2 Å². The van der Waals surface area contributed by atoms with Crippen molar-refractivity contribution in [1.29, 1.82) is 0 Å². The summed E-state index contributed by atoms with van der Waals surface area (Å²) < 4.78 is 5.28. The Morgan fingerprint density at radius 1 is 0.957 bits per heavy atom. The highest BCUT2D eigenvalue weighted by molar-refractivity contribution is 5.33. The zero-order chi connectivity index (χ0) is 16.1. The van der Waals surface area contributed by atoms with E-state index in [0.29, 0.717) is 0 Å². The summed E-state index contributed by atoms with van der Waals surface area (Å²) in [6, 6.07) is 16.6. The molecule has 1 aliphatic carbocycles. The van der Waals surface area contributed by atoms with Gasteiger partial charge >= 0.3 is 0 Å². The summed E-state index contributed by atoms with van der Waals surface area (Å²) >= 11 is 0. The highest BCUT2D eigenvalue weighted by atomic mass is 16.5. The summed E-state index contributed by atoms with van der Waals surface area (Å²) in [6.07, 6.45) is 4.88. The first-order valence-electron chi connectivity index (χ1n) is 8.34. The van der Waals surface area contributed by atoms with E-state index in [2.05, 4.69) is 29.6 Å². The number of methoxy groups -OCH3 is 1. The van der Waals surface area contributed by atoms with Gasteiger partial charge in [0.2, 0.25) is 0 Å². The van der Waals surface area contributed by atoms with Crippen LogP contribution in [0.2, 0.25) is 0 Å². The van der Waals surface area contributed by atoms with E-state index in [-0.39, 0.29) is 12.1 Å². The number of hydrogen-bond acceptors (Lipinski definition) is 3. The fourth-order valence-electron chi connectivity index (χ4n) is 3.49. The lowest BCUT2D eigenvalue weighted by atomic mass is 9.87. The highest BCUT2D eigenvalue weighted by Gasteiger charge is 2.34. The molecular weight excluding hydrogens is 286 g/mol. The van der Waals surface area contributed by atoms with Crippen LogP contribution < -0.4 is 10.1 Å². The molecule has 0 bridgehead atoms. The van der Waals surface area contributed by atoms with Crippen LogP contribution in [-0.2, 0) is 18.7 Å². The summed E-state index contributed by atoms with van der Waals surface area (Å²) in [7, 11) is 1.70. The number of ether oxygens (including phenoxy) is 1. The van der Waals surface area contributed by atoms with Gasteiger partial charge in [0.1, 0.15) is 5.75 Å².